The quantitative estimate of drug-likeness (QED) is 0.847. The van der Waals surface area contributed by atoms with Gasteiger partial charge in [0.15, 0.2) is 0 Å². The van der Waals surface area contributed by atoms with Crippen molar-refractivity contribution in [1.82, 2.24) is 4.90 Å². The summed E-state index contributed by atoms with van der Waals surface area (Å²) < 4.78 is 5.22. The number of hydrogen-bond donors (Lipinski definition) is 1. The fraction of sp³-hybridized carbons (Fsp3) is 0.333. The van der Waals surface area contributed by atoms with Gasteiger partial charge in [-0.15, -0.1) is 0 Å². The zero-order chi connectivity index (χ0) is 14.5. The second-order valence-electron chi connectivity index (χ2n) is 4.84. The Balaban J connectivity index is 1.95. The Morgan fingerprint density at radius 2 is 2.20 bits per heavy atom. The molecule has 20 heavy (non-hydrogen) atoms. The lowest BCUT2D eigenvalue weighted by Gasteiger charge is -2.21. The van der Waals surface area contributed by atoms with Gasteiger partial charge in [0.2, 0.25) is 0 Å². The van der Waals surface area contributed by atoms with Crippen molar-refractivity contribution in [3.05, 3.63) is 47.0 Å². The molecule has 0 amide bonds. The average Bonchev–Trinajstić information content (AvgIpc) is 2.45. The zero-order valence-electron chi connectivity index (χ0n) is 11.3. The highest BCUT2D eigenvalue weighted by Gasteiger charge is 2.16. The van der Waals surface area contributed by atoms with Gasteiger partial charge in [0, 0.05) is 18.7 Å². The van der Waals surface area contributed by atoms with Gasteiger partial charge in [0.25, 0.3) is 0 Å². The van der Waals surface area contributed by atoms with E-state index < -0.39 is 5.97 Å². The minimum atomic E-state index is -0.991. The summed E-state index contributed by atoms with van der Waals surface area (Å²) in [4.78, 5) is 24.8. The molecule has 0 saturated carbocycles. The number of aromatic carboxylic acids is 1. The van der Waals surface area contributed by atoms with E-state index in [-0.39, 0.29) is 18.1 Å². The number of carboxylic acid groups (broad SMARTS) is 1. The van der Waals surface area contributed by atoms with Crippen LogP contribution in [0, 0.1) is 0 Å². The lowest BCUT2D eigenvalue weighted by Crippen LogP contribution is -2.29. The van der Waals surface area contributed by atoms with E-state index in [0.29, 0.717) is 17.7 Å². The van der Waals surface area contributed by atoms with Gasteiger partial charge in [-0.2, -0.15) is 0 Å². The van der Waals surface area contributed by atoms with E-state index in [9.17, 15) is 9.59 Å². The molecule has 1 heterocycles. The van der Waals surface area contributed by atoms with Crippen LogP contribution >= 0.6 is 0 Å². The van der Waals surface area contributed by atoms with Crippen LogP contribution < -0.4 is 0 Å². The first-order valence-corrected chi connectivity index (χ1v) is 6.43. The number of carboxylic acids is 1. The number of rotatable bonds is 4. The average molecular weight is 275 g/mol. The number of nitrogens with zero attached hydrogens (tertiary/aromatic N) is 1. The number of likely N-dealkylation sites (N-methyl/N-ethyl adjacent to an activating group) is 1. The second kappa shape index (κ2) is 6.34. The molecule has 5 heteroatoms. The molecule has 1 aliphatic rings. The first kappa shape index (κ1) is 14.3. The molecule has 2 rings (SSSR count). The maximum atomic E-state index is 11.9. The number of esters is 1. The lowest BCUT2D eigenvalue weighted by atomic mass is 10.1. The highest BCUT2D eigenvalue weighted by molar-refractivity contribution is 5.89. The molecule has 0 unspecified atom stereocenters. The SMILES string of the molecule is CN1CCC=C(C(=O)OCc2cccc(C(=O)O)c2)C1. The van der Waals surface area contributed by atoms with Gasteiger partial charge in [0.05, 0.1) is 5.56 Å². The summed E-state index contributed by atoms with van der Waals surface area (Å²) in [7, 11) is 1.95. The fourth-order valence-corrected chi connectivity index (χ4v) is 2.08. The van der Waals surface area contributed by atoms with Gasteiger partial charge in [-0.25, -0.2) is 9.59 Å². The molecule has 1 aromatic carbocycles. The Kier molecular flexibility index (Phi) is 4.53. The van der Waals surface area contributed by atoms with Crippen LogP contribution in [0.1, 0.15) is 22.3 Å². The van der Waals surface area contributed by atoms with E-state index >= 15 is 0 Å². The minimum Gasteiger partial charge on any atom is -0.478 e. The first-order valence-electron chi connectivity index (χ1n) is 6.43. The molecule has 0 spiro atoms. The Morgan fingerprint density at radius 1 is 1.40 bits per heavy atom. The Labute approximate surface area is 117 Å². The summed E-state index contributed by atoms with van der Waals surface area (Å²) >= 11 is 0. The van der Waals surface area contributed by atoms with Crippen molar-refractivity contribution >= 4 is 11.9 Å². The molecule has 0 aliphatic carbocycles. The van der Waals surface area contributed by atoms with Crippen LogP contribution in [0.25, 0.3) is 0 Å². The molecule has 0 radical (unpaired) electrons. The molecule has 106 valence electrons. The summed E-state index contributed by atoms with van der Waals surface area (Å²) in [6.45, 7) is 1.62. The summed E-state index contributed by atoms with van der Waals surface area (Å²) in [6.07, 6.45) is 2.74. The molecule has 1 aliphatic heterocycles. The maximum Gasteiger partial charge on any atom is 0.335 e. The number of carbonyl (C=O) groups is 2. The molecule has 1 aromatic rings. The largest absolute Gasteiger partial charge is 0.478 e. The standard InChI is InChI=1S/C15H17NO4/c1-16-7-3-6-13(9-16)15(19)20-10-11-4-2-5-12(8-11)14(17)18/h2,4-6,8H,3,7,9-10H2,1H3,(H,17,18). The number of hydrogen-bond acceptors (Lipinski definition) is 4. The highest BCUT2D eigenvalue weighted by Crippen LogP contribution is 2.12. The van der Waals surface area contributed by atoms with Crippen molar-refractivity contribution in [2.24, 2.45) is 0 Å². The molecular formula is C15H17NO4. The van der Waals surface area contributed by atoms with Gasteiger partial charge >= 0.3 is 11.9 Å². The van der Waals surface area contributed by atoms with Gasteiger partial charge in [-0.3, -0.25) is 0 Å². The van der Waals surface area contributed by atoms with Crippen molar-refractivity contribution in [1.29, 1.82) is 0 Å². The van der Waals surface area contributed by atoms with Crippen LogP contribution in [-0.4, -0.2) is 42.1 Å². The van der Waals surface area contributed by atoms with Gasteiger partial charge in [0.1, 0.15) is 6.61 Å². The molecular weight excluding hydrogens is 258 g/mol. The van der Waals surface area contributed by atoms with Gasteiger partial charge in [-0.05, 0) is 31.2 Å². The number of ether oxygens (including phenoxy) is 1. The smallest absolute Gasteiger partial charge is 0.335 e. The minimum absolute atomic E-state index is 0.0843. The topological polar surface area (TPSA) is 66.8 Å². The zero-order valence-corrected chi connectivity index (χ0v) is 11.3. The van der Waals surface area contributed by atoms with Crippen LogP contribution in [-0.2, 0) is 16.1 Å². The third-order valence-corrected chi connectivity index (χ3v) is 3.15. The third kappa shape index (κ3) is 3.68. The Morgan fingerprint density at radius 3 is 2.90 bits per heavy atom. The van der Waals surface area contributed by atoms with Crippen molar-refractivity contribution in [3.63, 3.8) is 0 Å². The van der Waals surface area contributed by atoms with Crippen molar-refractivity contribution in [2.75, 3.05) is 20.1 Å². The van der Waals surface area contributed by atoms with Crippen molar-refractivity contribution in [3.8, 4) is 0 Å². The van der Waals surface area contributed by atoms with E-state index in [4.69, 9.17) is 9.84 Å². The second-order valence-corrected chi connectivity index (χ2v) is 4.84. The molecule has 0 fully saturated rings. The summed E-state index contributed by atoms with van der Waals surface area (Å²) in [6, 6.07) is 6.39. The highest BCUT2D eigenvalue weighted by atomic mass is 16.5. The molecule has 0 atom stereocenters. The monoisotopic (exact) mass is 275 g/mol. The van der Waals surface area contributed by atoms with E-state index in [0.717, 1.165) is 13.0 Å². The van der Waals surface area contributed by atoms with E-state index in [1.807, 2.05) is 13.1 Å². The van der Waals surface area contributed by atoms with Crippen LogP contribution in [0.3, 0.4) is 0 Å². The number of benzene rings is 1. The summed E-state index contributed by atoms with van der Waals surface area (Å²) in [5.74, 6) is -1.33. The van der Waals surface area contributed by atoms with E-state index in [1.54, 1.807) is 12.1 Å². The van der Waals surface area contributed by atoms with Gasteiger partial charge < -0.3 is 14.7 Å². The Bertz CT molecular complexity index is 551. The van der Waals surface area contributed by atoms with Crippen LogP contribution in [0.5, 0.6) is 0 Å². The van der Waals surface area contributed by atoms with Crippen molar-refractivity contribution < 1.29 is 19.4 Å². The van der Waals surface area contributed by atoms with E-state index in [1.165, 1.54) is 12.1 Å². The van der Waals surface area contributed by atoms with Crippen LogP contribution in [0.15, 0.2) is 35.9 Å². The third-order valence-electron chi connectivity index (χ3n) is 3.15. The normalized spacial score (nSPS) is 15.6. The number of carbonyl (C=O) groups excluding carboxylic acids is 1. The molecule has 1 N–H and O–H groups in total. The summed E-state index contributed by atoms with van der Waals surface area (Å²) in [5.41, 5.74) is 1.52. The van der Waals surface area contributed by atoms with Crippen molar-refractivity contribution in [2.45, 2.75) is 13.0 Å². The predicted octanol–water partition coefficient (Wildman–Crippen LogP) is 1.69. The van der Waals surface area contributed by atoms with E-state index in [2.05, 4.69) is 4.90 Å². The maximum absolute atomic E-state index is 11.9. The molecule has 0 bridgehead atoms. The Hall–Kier alpha value is -2.14. The lowest BCUT2D eigenvalue weighted by molar-refractivity contribution is -0.140. The van der Waals surface area contributed by atoms with Crippen LogP contribution in [0.2, 0.25) is 0 Å². The fourth-order valence-electron chi connectivity index (χ4n) is 2.08. The summed E-state index contributed by atoms with van der Waals surface area (Å²) in [5, 5.41) is 8.90. The van der Waals surface area contributed by atoms with Gasteiger partial charge in [-0.1, -0.05) is 18.2 Å². The molecule has 0 saturated heterocycles. The van der Waals surface area contributed by atoms with Crippen LogP contribution in [0.4, 0.5) is 0 Å². The molecule has 0 aromatic heterocycles. The molecule has 5 nitrogen and oxygen atoms in total. The first-order chi connectivity index (χ1) is 9.56. The predicted molar refractivity (Wildman–Crippen MR) is 73.4 cm³/mol.